The number of oxazole rings is 1. The first-order chi connectivity index (χ1) is 13.0. The van der Waals surface area contributed by atoms with E-state index in [4.69, 9.17) is 4.42 Å². The zero-order valence-electron chi connectivity index (χ0n) is 14.9. The van der Waals surface area contributed by atoms with Crippen LogP contribution in [0.4, 0.5) is 4.39 Å². The van der Waals surface area contributed by atoms with E-state index in [1.165, 1.54) is 30.8 Å². The molecule has 0 aromatic carbocycles. The van der Waals surface area contributed by atoms with Gasteiger partial charge in [0.05, 0.1) is 12.7 Å². The monoisotopic (exact) mass is 367 g/mol. The molecule has 27 heavy (non-hydrogen) atoms. The lowest BCUT2D eigenvalue weighted by molar-refractivity contribution is 0.555. The van der Waals surface area contributed by atoms with Gasteiger partial charge in [0.1, 0.15) is 23.5 Å². The molecule has 0 aliphatic heterocycles. The highest BCUT2D eigenvalue weighted by atomic mass is 19.1. The van der Waals surface area contributed by atoms with Gasteiger partial charge in [-0.1, -0.05) is 24.8 Å². The van der Waals surface area contributed by atoms with Gasteiger partial charge in [-0.3, -0.25) is 9.48 Å². The van der Waals surface area contributed by atoms with Gasteiger partial charge in [-0.15, -0.1) is 0 Å². The maximum atomic E-state index is 14.2. The summed E-state index contributed by atoms with van der Waals surface area (Å²) >= 11 is 0. The Kier molecular flexibility index (Phi) is 5.25. The van der Waals surface area contributed by atoms with E-state index in [1.807, 2.05) is 0 Å². The summed E-state index contributed by atoms with van der Waals surface area (Å²) in [6, 6.07) is 1.68. The molecule has 138 valence electrons. The van der Waals surface area contributed by atoms with E-state index < -0.39 is 0 Å². The predicted molar refractivity (Wildman–Crippen MR) is 99.5 cm³/mol. The summed E-state index contributed by atoms with van der Waals surface area (Å²) in [4.78, 5) is 22.9. The van der Waals surface area contributed by atoms with E-state index in [1.54, 1.807) is 30.7 Å². The Morgan fingerprint density at radius 3 is 2.89 bits per heavy atom. The van der Waals surface area contributed by atoms with Crippen LogP contribution in [0.25, 0.3) is 23.1 Å². The molecular weight excluding hydrogens is 349 g/mol. The fourth-order valence-electron chi connectivity index (χ4n) is 2.46. The average molecular weight is 367 g/mol. The first kappa shape index (κ1) is 18.2. The number of hydrogen-bond acceptors (Lipinski definition) is 5. The molecule has 0 aliphatic carbocycles. The summed E-state index contributed by atoms with van der Waals surface area (Å²) in [5.41, 5.74) is 1.58. The molecule has 0 amide bonds. The van der Waals surface area contributed by atoms with Gasteiger partial charge in [0, 0.05) is 23.4 Å². The van der Waals surface area contributed by atoms with Crippen molar-refractivity contribution in [3.63, 3.8) is 0 Å². The Hall–Kier alpha value is -3.55. The van der Waals surface area contributed by atoms with Crippen molar-refractivity contribution in [3.8, 4) is 23.1 Å². The molecule has 0 radical (unpaired) electrons. The molecule has 0 saturated carbocycles. The van der Waals surface area contributed by atoms with Gasteiger partial charge in [-0.2, -0.15) is 5.10 Å². The number of allylic oxidation sites excluding steroid dienone is 5. The lowest BCUT2D eigenvalue weighted by Crippen LogP contribution is -2.11. The summed E-state index contributed by atoms with van der Waals surface area (Å²) < 4.78 is 21.1. The van der Waals surface area contributed by atoms with Crippen molar-refractivity contribution in [1.82, 2.24) is 24.7 Å². The van der Waals surface area contributed by atoms with Crippen LogP contribution < -0.4 is 5.56 Å². The zero-order valence-corrected chi connectivity index (χ0v) is 14.9. The van der Waals surface area contributed by atoms with Gasteiger partial charge in [-0.05, 0) is 13.8 Å². The Morgan fingerprint density at radius 2 is 2.26 bits per heavy atom. The summed E-state index contributed by atoms with van der Waals surface area (Å²) in [7, 11) is 0. The molecule has 0 atom stereocenters. The maximum absolute atomic E-state index is 14.2. The van der Waals surface area contributed by atoms with Crippen LogP contribution in [0.3, 0.4) is 0 Å². The molecule has 3 heterocycles. The van der Waals surface area contributed by atoms with E-state index in [2.05, 4.69) is 26.6 Å². The second-order valence-corrected chi connectivity index (χ2v) is 5.72. The minimum atomic E-state index is -0.382. The molecule has 3 aromatic rings. The highest BCUT2D eigenvalue weighted by Crippen LogP contribution is 2.25. The minimum Gasteiger partial charge on any atom is -0.443 e. The van der Waals surface area contributed by atoms with Crippen molar-refractivity contribution in [1.29, 1.82) is 0 Å². The molecule has 0 spiro atoms. The standard InChI is InChI=1S/C19H18FN5O2/c1-4-6-13(14(20)5-2)11-25-16(19-21-7-8-27-19)9-15(24-25)17-22-10-12(3)18(26)23-17/h4-10H,1,11H2,2-3H3,(H,22,23,26)/b13-6-,14-5+. The molecule has 3 aromatic heterocycles. The Bertz CT molecular complexity index is 1070. The number of nitrogens with zero attached hydrogens (tertiary/aromatic N) is 4. The van der Waals surface area contributed by atoms with Crippen molar-refractivity contribution in [3.05, 3.63) is 76.8 Å². The molecule has 3 rings (SSSR count). The summed E-state index contributed by atoms with van der Waals surface area (Å²) in [5, 5.41) is 4.46. The van der Waals surface area contributed by atoms with E-state index >= 15 is 0 Å². The quantitative estimate of drug-likeness (QED) is 0.673. The average Bonchev–Trinajstić information content (AvgIpc) is 3.32. The highest BCUT2D eigenvalue weighted by molar-refractivity contribution is 5.59. The van der Waals surface area contributed by atoms with Gasteiger partial charge < -0.3 is 9.40 Å². The number of aromatic amines is 1. The second-order valence-electron chi connectivity index (χ2n) is 5.72. The Balaban J connectivity index is 2.10. The molecule has 0 aliphatic rings. The fraction of sp³-hybridized carbons (Fsp3) is 0.158. The molecule has 0 bridgehead atoms. The Labute approximate surface area is 154 Å². The first-order valence-corrected chi connectivity index (χ1v) is 8.21. The summed E-state index contributed by atoms with van der Waals surface area (Å²) in [6.07, 6.45) is 8.86. The largest absolute Gasteiger partial charge is 0.443 e. The normalized spacial score (nSPS) is 12.4. The number of H-pyrrole nitrogens is 1. The second kappa shape index (κ2) is 7.77. The Morgan fingerprint density at radius 1 is 1.44 bits per heavy atom. The third kappa shape index (κ3) is 3.84. The summed E-state index contributed by atoms with van der Waals surface area (Å²) in [6.45, 7) is 7.02. The number of nitrogens with one attached hydrogen (secondary N) is 1. The number of aromatic nitrogens is 5. The van der Waals surface area contributed by atoms with Crippen LogP contribution in [-0.2, 0) is 6.54 Å². The van der Waals surface area contributed by atoms with Crippen molar-refractivity contribution in [2.45, 2.75) is 20.4 Å². The third-order valence-corrected chi connectivity index (χ3v) is 3.85. The molecule has 0 unspecified atom stereocenters. The topological polar surface area (TPSA) is 89.6 Å². The lowest BCUT2D eigenvalue weighted by atomic mass is 10.2. The van der Waals surface area contributed by atoms with E-state index in [9.17, 15) is 9.18 Å². The van der Waals surface area contributed by atoms with Crippen LogP contribution in [0.1, 0.15) is 12.5 Å². The van der Waals surface area contributed by atoms with Crippen LogP contribution in [-0.4, -0.2) is 24.7 Å². The van der Waals surface area contributed by atoms with Crippen molar-refractivity contribution in [2.75, 3.05) is 0 Å². The molecular formula is C19H18FN5O2. The van der Waals surface area contributed by atoms with Crippen molar-refractivity contribution in [2.24, 2.45) is 0 Å². The van der Waals surface area contributed by atoms with E-state index in [0.29, 0.717) is 34.2 Å². The lowest BCUT2D eigenvalue weighted by Gasteiger charge is -2.07. The molecule has 7 nitrogen and oxygen atoms in total. The smallest absolute Gasteiger partial charge is 0.254 e. The SMILES string of the molecule is C=C/C=C(Cn1nc(-c2ncc(C)c(=O)[nH]2)cc1-c1ncco1)\C(F)=C/C. The third-order valence-electron chi connectivity index (χ3n) is 3.85. The van der Waals surface area contributed by atoms with Crippen LogP contribution in [0, 0.1) is 6.92 Å². The number of aryl methyl sites for hydroxylation is 1. The fourth-order valence-corrected chi connectivity index (χ4v) is 2.46. The van der Waals surface area contributed by atoms with Gasteiger partial charge in [0.25, 0.3) is 5.56 Å². The van der Waals surface area contributed by atoms with Crippen LogP contribution in [0.2, 0.25) is 0 Å². The summed E-state index contributed by atoms with van der Waals surface area (Å²) in [5.74, 6) is 0.243. The van der Waals surface area contributed by atoms with Gasteiger partial charge >= 0.3 is 0 Å². The van der Waals surface area contributed by atoms with Crippen LogP contribution in [0.5, 0.6) is 0 Å². The van der Waals surface area contributed by atoms with E-state index in [-0.39, 0.29) is 17.9 Å². The van der Waals surface area contributed by atoms with Gasteiger partial charge in [0.15, 0.2) is 5.82 Å². The molecule has 8 heteroatoms. The van der Waals surface area contributed by atoms with Crippen molar-refractivity contribution >= 4 is 0 Å². The van der Waals surface area contributed by atoms with E-state index in [0.717, 1.165) is 0 Å². The van der Waals surface area contributed by atoms with Gasteiger partial charge in [0.2, 0.25) is 5.89 Å². The predicted octanol–water partition coefficient (Wildman–Crippen LogP) is 3.58. The number of halogens is 1. The van der Waals surface area contributed by atoms with Crippen LogP contribution >= 0.6 is 0 Å². The van der Waals surface area contributed by atoms with Crippen molar-refractivity contribution < 1.29 is 8.81 Å². The minimum absolute atomic E-state index is 0.121. The zero-order chi connectivity index (χ0) is 19.4. The van der Waals surface area contributed by atoms with Gasteiger partial charge in [-0.25, -0.2) is 14.4 Å². The first-order valence-electron chi connectivity index (χ1n) is 8.21. The number of hydrogen-bond donors (Lipinski definition) is 1. The molecule has 0 saturated heterocycles. The molecule has 1 N–H and O–H groups in total. The van der Waals surface area contributed by atoms with Crippen LogP contribution in [0.15, 0.2) is 70.1 Å². The highest BCUT2D eigenvalue weighted by Gasteiger charge is 2.18. The number of rotatable bonds is 6. The molecule has 0 fully saturated rings. The maximum Gasteiger partial charge on any atom is 0.254 e.